The summed E-state index contributed by atoms with van der Waals surface area (Å²) in [6, 6.07) is 21.7. The number of carbonyl (C=O) groups is 1. The zero-order chi connectivity index (χ0) is 22.4. The molecule has 158 valence electrons. The summed E-state index contributed by atoms with van der Waals surface area (Å²) in [5.41, 5.74) is 8.87. The van der Waals surface area contributed by atoms with E-state index in [1.807, 2.05) is 47.4 Å². The molecule has 3 rings (SSSR count). The lowest BCUT2D eigenvalue weighted by Gasteiger charge is -2.33. The first-order valence-electron chi connectivity index (χ1n) is 9.50. The van der Waals surface area contributed by atoms with E-state index in [1.165, 1.54) is 7.11 Å². The number of halogens is 1. The Kier molecular flexibility index (Phi) is 7.16. The van der Waals surface area contributed by atoms with Crippen LogP contribution >= 0.6 is 15.9 Å². The number of amides is 1. The van der Waals surface area contributed by atoms with Crippen LogP contribution in [0.4, 0.5) is 5.69 Å². The number of ether oxygens (including phenoxy) is 2. The molecule has 0 saturated heterocycles. The molecule has 0 heterocycles. The van der Waals surface area contributed by atoms with Crippen molar-refractivity contribution in [1.82, 2.24) is 0 Å². The van der Waals surface area contributed by atoms with Crippen LogP contribution in [0.2, 0.25) is 0 Å². The van der Waals surface area contributed by atoms with Crippen molar-refractivity contribution in [3.05, 3.63) is 87.9 Å². The molecule has 1 amide bonds. The third kappa shape index (κ3) is 4.98. The van der Waals surface area contributed by atoms with Crippen molar-refractivity contribution in [2.75, 3.05) is 19.1 Å². The number of nitrogens with zero attached hydrogens (tertiary/aromatic N) is 2. The van der Waals surface area contributed by atoms with E-state index in [0.29, 0.717) is 33.6 Å². The number of hydrogen-bond donors (Lipinski definition) is 1. The molecule has 1 atom stereocenters. The molecule has 0 bridgehead atoms. The highest BCUT2D eigenvalue weighted by Gasteiger charge is 2.29. The number of anilines is 1. The van der Waals surface area contributed by atoms with Crippen LogP contribution in [-0.4, -0.2) is 20.1 Å². The lowest BCUT2D eigenvalue weighted by molar-refractivity contribution is -0.119. The molecule has 0 aromatic heterocycles. The maximum Gasteiger partial charge on any atom is 0.244 e. The van der Waals surface area contributed by atoms with Gasteiger partial charge in [0.25, 0.3) is 0 Å². The first-order valence-corrected chi connectivity index (χ1v) is 10.3. The second-order valence-corrected chi connectivity index (χ2v) is 7.66. The van der Waals surface area contributed by atoms with Gasteiger partial charge in [0.1, 0.15) is 6.04 Å². The highest BCUT2D eigenvalue weighted by molar-refractivity contribution is 9.10. The Balaban J connectivity index is 2.15. The van der Waals surface area contributed by atoms with E-state index < -0.39 is 11.9 Å². The molecule has 0 spiro atoms. The monoisotopic (exact) mass is 479 g/mol. The van der Waals surface area contributed by atoms with Gasteiger partial charge < -0.3 is 20.1 Å². The van der Waals surface area contributed by atoms with E-state index in [9.17, 15) is 4.79 Å². The van der Waals surface area contributed by atoms with Gasteiger partial charge in [0.05, 0.1) is 25.9 Å². The standard InChI is InChI=1S/C24H22BrN3O3/c1-30-21-12-19(20(25)13-22(21)31-2)23(24(27)29)28(15-17-6-4-3-5-7-17)18-10-8-16(14-26)9-11-18/h3-13,23H,15H2,1-2H3,(H2,27,29). The molecular formula is C24H22BrN3O3. The summed E-state index contributed by atoms with van der Waals surface area (Å²) < 4.78 is 11.5. The topological polar surface area (TPSA) is 88.6 Å². The third-order valence-corrected chi connectivity index (χ3v) is 5.59. The molecule has 2 N–H and O–H groups in total. The van der Waals surface area contributed by atoms with E-state index in [0.717, 1.165) is 11.3 Å². The molecule has 0 aliphatic heterocycles. The molecule has 7 heteroatoms. The minimum atomic E-state index is -0.803. The van der Waals surface area contributed by atoms with Gasteiger partial charge in [-0.15, -0.1) is 0 Å². The summed E-state index contributed by atoms with van der Waals surface area (Å²) in [5.74, 6) is 0.508. The minimum Gasteiger partial charge on any atom is -0.493 e. The number of carbonyl (C=O) groups excluding carboxylic acids is 1. The average molecular weight is 480 g/mol. The molecule has 0 saturated carbocycles. The first-order chi connectivity index (χ1) is 15.0. The maximum absolute atomic E-state index is 12.8. The summed E-state index contributed by atoms with van der Waals surface area (Å²) >= 11 is 3.56. The molecule has 3 aromatic rings. The van der Waals surface area contributed by atoms with E-state index >= 15 is 0 Å². The average Bonchev–Trinajstić information content (AvgIpc) is 2.79. The van der Waals surface area contributed by atoms with Gasteiger partial charge in [-0.1, -0.05) is 46.3 Å². The number of methoxy groups -OCH3 is 2. The van der Waals surface area contributed by atoms with Crippen molar-refractivity contribution in [2.24, 2.45) is 5.73 Å². The van der Waals surface area contributed by atoms with Crippen LogP contribution in [0.15, 0.2) is 71.2 Å². The summed E-state index contributed by atoms with van der Waals surface area (Å²) in [7, 11) is 3.09. The third-order valence-electron chi connectivity index (χ3n) is 4.90. The number of nitrogens with two attached hydrogens (primary N) is 1. The van der Waals surface area contributed by atoms with Gasteiger partial charge in [-0.25, -0.2) is 0 Å². The van der Waals surface area contributed by atoms with Gasteiger partial charge >= 0.3 is 0 Å². The van der Waals surface area contributed by atoms with E-state index in [2.05, 4.69) is 22.0 Å². The molecule has 1 unspecified atom stereocenters. The van der Waals surface area contributed by atoms with Crippen molar-refractivity contribution in [1.29, 1.82) is 5.26 Å². The summed E-state index contributed by atoms with van der Waals surface area (Å²) in [6.45, 7) is 0.432. The number of nitriles is 1. The number of rotatable bonds is 8. The Morgan fingerprint density at radius 1 is 1.06 bits per heavy atom. The highest BCUT2D eigenvalue weighted by Crippen LogP contribution is 2.39. The summed E-state index contributed by atoms with van der Waals surface area (Å²) in [5, 5.41) is 9.15. The largest absolute Gasteiger partial charge is 0.493 e. The van der Waals surface area contributed by atoms with Crippen LogP contribution < -0.4 is 20.1 Å². The van der Waals surface area contributed by atoms with Crippen molar-refractivity contribution < 1.29 is 14.3 Å². The van der Waals surface area contributed by atoms with Gasteiger partial charge in [0, 0.05) is 22.3 Å². The highest BCUT2D eigenvalue weighted by atomic mass is 79.9. The van der Waals surface area contributed by atoms with Crippen molar-refractivity contribution in [3.8, 4) is 17.6 Å². The molecular weight excluding hydrogens is 458 g/mol. The fourth-order valence-corrected chi connectivity index (χ4v) is 3.93. The number of primary amides is 1. The van der Waals surface area contributed by atoms with Gasteiger partial charge in [-0.2, -0.15) is 5.26 Å². The van der Waals surface area contributed by atoms with Crippen LogP contribution in [-0.2, 0) is 11.3 Å². The zero-order valence-electron chi connectivity index (χ0n) is 17.2. The number of benzene rings is 3. The lowest BCUT2D eigenvalue weighted by Crippen LogP contribution is -2.38. The zero-order valence-corrected chi connectivity index (χ0v) is 18.8. The molecule has 0 aliphatic rings. The van der Waals surface area contributed by atoms with Crippen LogP contribution in [0.3, 0.4) is 0 Å². The van der Waals surface area contributed by atoms with E-state index in [1.54, 1.807) is 31.4 Å². The molecule has 3 aromatic carbocycles. The predicted octanol–water partition coefficient (Wildman–Crippen LogP) is 4.57. The Labute approximate surface area is 189 Å². The molecule has 0 fully saturated rings. The fourth-order valence-electron chi connectivity index (χ4n) is 3.39. The van der Waals surface area contributed by atoms with E-state index in [4.69, 9.17) is 20.5 Å². The van der Waals surface area contributed by atoms with Crippen molar-refractivity contribution in [3.63, 3.8) is 0 Å². The SMILES string of the molecule is COc1cc(Br)c(C(C(N)=O)N(Cc2ccccc2)c2ccc(C#N)cc2)cc1OC. The normalized spacial score (nSPS) is 11.3. The van der Waals surface area contributed by atoms with Gasteiger partial charge in [-0.3, -0.25) is 4.79 Å². The minimum absolute atomic E-state index is 0.432. The van der Waals surface area contributed by atoms with Crippen LogP contribution in [0.25, 0.3) is 0 Å². The van der Waals surface area contributed by atoms with E-state index in [-0.39, 0.29) is 0 Å². The van der Waals surface area contributed by atoms with Crippen molar-refractivity contribution >= 4 is 27.5 Å². The van der Waals surface area contributed by atoms with Gasteiger partial charge in [0.2, 0.25) is 5.91 Å². The maximum atomic E-state index is 12.8. The Morgan fingerprint density at radius 3 is 2.23 bits per heavy atom. The molecule has 31 heavy (non-hydrogen) atoms. The van der Waals surface area contributed by atoms with Gasteiger partial charge in [0.15, 0.2) is 11.5 Å². The quantitative estimate of drug-likeness (QED) is 0.510. The van der Waals surface area contributed by atoms with Crippen LogP contribution in [0, 0.1) is 11.3 Å². The Morgan fingerprint density at radius 2 is 1.68 bits per heavy atom. The van der Waals surface area contributed by atoms with Crippen LogP contribution in [0.5, 0.6) is 11.5 Å². The summed E-state index contributed by atoms with van der Waals surface area (Å²) in [4.78, 5) is 14.7. The lowest BCUT2D eigenvalue weighted by atomic mass is 10.0. The fraction of sp³-hybridized carbons (Fsp3) is 0.167. The first kappa shape index (κ1) is 22.2. The van der Waals surface area contributed by atoms with Crippen LogP contribution in [0.1, 0.15) is 22.7 Å². The smallest absolute Gasteiger partial charge is 0.244 e. The number of hydrogen-bond acceptors (Lipinski definition) is 5. The molecule has 6 nitrogen and oxygen atoms in total. The van der Waals surface area contributed by atoms with Gasteiger partial charge in [-0.05, 0) is 42.0 Å². The molecule has 0 aliphatic carbocycles. The Bertz CT molecular complexity index is 1100. The molecule has 0 radical (unpaired) electrons. The predicted molar refractivity (Wildman–Crippen MR) is 123 cm³/mol. The Hall–Kier alpha value is -3.50. The summed E-state index contributed by atoms with van der Waals surface area (Å²) in [6.07, 6.45) is 0. The second-order valence-electron chi connectivity index (χ2n) is 6.81. The van der Waals surface area contributed by atoms with Crippen molar-refractivity contribution in [2.45, 2.75) is 12.6 Å². The second kappa shape index (κ2) is 10.0.